The predicted octanol–water partition coefficient (Wildman–Crippen LogP) is 6.99. The normalized spacial score (nSPS) is 16.6. The summed E-state index contributed by atoms with van der Waals surface area (Å²) in [5.74, 6) is 1.37. The number of fused-ring (bicyclic) bond motifs is 3. The molecule has 2 aliphatic rings. The van der Waals surface area contributed by atoms with E-state index >= 15 is 0 Å². The van der Waals surface area contributed by atoms with E-state index in [0.29, 0.717) is 20.1 Å². The highest BCUT2D eigenvalue weighted by Gasteiger charge is 2.32. The van der Waals surface area contributed by atoms with Gasteiger partial charge in [0.1, 0.15) is 11.5 Å². The Kier molecular flexibility index (Phi) is 5.84. The van der Waals surface area contributed by atoms with E-state index in [1.807, 2.05) is 71.3 Å². The number of hydrogen-bond acceptors (Lipinski definition) is 4. The Bertz CT molecular complexity index is 1930. The lowest BCUT2D eigenvalue weighted by molar-refractivity contribution is 0.570. The van der Waals surface area contributed by atoms with Crippen LogP contribution in [0.15, 0.2) is 109 Å². The van der Waals surface area contributed by atoms with Gasteiger partial charge in [-0.2, -0.15) is 0 Å². The molecule has 0 saturated heterocycles. The van der Waals surface area contributed by atoms with Crippen molar-refractivity contribution in [2.75, 3.05) is 0 Å². The Morgan fingerprint density at radius 1 is 1.00 bits per heavy atom. The molecule has 0 bridgehead atoms. The van der Waals surface area contributed by atoms with Crippen LogP contribution in [0.5, 0.6) is 0 Å². The lowest BCUT2D eigenvalue weighted by Crippen LogP contribution is -2.38. The molecule has 7 rings (SSSR count). The Balaban J connectivity index is 1.40. The van der Waals surface area contributed by atoms with E-state index in [1.54, 1.807) is 0 Å². The van der Waals surface area contributed by atoms with Crippen molar-refractivity contribution >= 4 is 50.6 Å². The molecule has 4 nitrogen and oxygen atoms in total. The maximum atomic E-state index is 13.9. The molecular weight excluding hydrogens is 580 g/mol. The Hall–Kier alpha value is -3.45. The molecule has 1 aliphatic heterocycles. The first-order valence-electron chi connectivity index (χ1n) is 12.3. The maximum Gasteiger partial charge on any atom is 0.271 e. The standard InChI is InChI=1S/C31H20BrClN2O2S/c32-21-6-3-5-20(16-21)26-15-13-23(37-26)17-27-30(36)35-29(19-8-11-22(33)12-9-19)25-14-10-18-4-1-2-7-24(18)28(25)34-31(35)38-27/h1-9,11-13,15-17,29H,10,14H2/b27-17+/t29-/m0/s1. The largest absolute Gasteiger partial charge is 0.457 e. The third kappa shape index (κ3) is 4.04. The molecule has 0 N–H and O–H groups in total. The molecule has 0 spiro atoms. The summed E-state index contributed by atoms with van der Waals surface area (Å²) < 4.78 is 9.52. The van der Waals surface area contributed by atoms with Gasteiger partial charge in [-0.15, -0.1) is 0 Å². The van der Waals surface area contributed by atoms with Gasteiger partial charge in [-0.3, -0.25) is 9.36 Å². The molecule has 1 aliphatic carbocycles. The number of rotatable bonds is 3. The molecule has 5 aromatic rings. The van der Waals surface area contributed by atoms with Crippen LogP contribution in [-0.4, -0.2) is 4.57 Å². The highest BCUT2D eigenvalue weighted by atomic mass is 79.9. The molecule has 38 heavy (non-hydrogen) atoms. The van der Waals surface area contributed by atoms with Gasteiger partial charge in [0.25, 0.3) is 5.56 Å². The monoisotopic (exact) mass is 598 g/mol. The van der Waals surface area contributed by atoms with Gasteiger partial charge in [0.2, 0.25) is 0 Å². The molecule has 1 atom stereocenters. The van der Waals surface area contributed by atoms with Crippen LogP contribution in [0.3, 0.4) is 0 Å². The van der Waals surface area contributed by atoms with E-state index < -0.39 is 0 Å². The topological polar surface area (TPSA) is 47.5 Å². The van der Waals surface area contributed by atoms with Gasteiger partial charge in [-0.05, 0) is 65.9 Å². The van der Waals surface area contributed by atoms with Crippen molar-refractivity contribution in [2.45, 2.75) is 18.9 Å². The second kappa shape index (κ2) is 9.38. The Labute approximate surface area is 236 Å². The molecule has 0 amide bonds. The summed E-state index contributed by atoms with van der Waals surface area (Å²) in [6.45, 7) is 0. The Morgan fingerprint density at radius 3 is 2.68 bits per heavy atom. The van der Waals surface area contributed by atoms with Crippen molar-refractivity contribution in [3.63, 3.8) is 0 Å². The average Bonchev–Trinajstić information content (AvgIpc) is 3.52. The summed E-state index contributed by atoms with van der Waals surface area (Å²) in [7, 11) is 0. The van der Waals surface area contributed by atoms with Crippen molar-refractivity contribution < 1.29 is 4.42 Å². The van der Waals surface area contributed by atoms with Crippen LogP contribution < -0.4 is 14.9 Å². The number of thiazole rings is 1. The zero-order chi connectivity index (χ0) is 25.8. The number of halogens is 2. The predicted molar refractivity (Wildman–Crippen MR) is 156 cm³/mol. The zero-order valence-corrected chi connectivity index (χ0v) is 23.2. The number of nitrogens with zero attached hydrogens (tertiary/aromatic N) is 2. The van der Waals surface area contributed by atoms with Crippen LogP contribution in [0.25, 0.3) is 23.1 Å². The fourth-order valence-corrected chi connectivity index (χ4v) is 6.83. The molecule has 0 radical (unpaired) electrons. The molecule has 3 aromatic carbocycles. The van der Waals surface area contributed by atoms with Crippen LogP contribution in [0.1, 0.15) is 34.9 Å². The molecule has 0 unspecified atom stereocenters. The van der Waals surface area contributed by atoms with E-state index in [2.05, 4.69) is 40.2 Å². The molecule has 7 heteroatoms. The van der Waals surface area contributed by atoms with E-state index in [1.165, 1.54) is 22.5 Å². The zero-order valence-electron chi connectivity index (χ0n) is 20.0. The SMILES string of the molecule is O=c1/c(=C\c2ccc(-c3cccc(Br)c3)o2)sc2n1[C@@H](c1ccc(Cl)cc1)C1=C(N=2)c2ccccc2CC1. The lowest BCUT2D eigenvalue weighted by Gasteiger charge is -2.30. The summed E-state index contributed by atoms with van der Waals surface area (Å²) in [4.78, 5) is 19.7. The van der Waals surface area contributed by atoms with E-state index in [4.69, 9.17) is 21.0 Å². The van der Waals surface area contributed by atoms with Gasteiger partial charge in [0.05, 0.1) is 16.3 Å². The number of benzene rings is 3. The van der Waals surface area contributed by atoms with Crippen molar-refractivity contribution in [1.82, 2.24) is 4.57 Å². The number of furan rings is 1. The fraction of sp³-hybridized carbons (Fsp3) is 0.0968. The first-order valence-corrected chi connectivity index (χ1v) is 14.3. The van der Waals surface area contributed by atoms with Crippen molar-refractivity contribution in [3.05, 3.63) is 142 Å². The third-order valence-electron chi connectivity index (χ3n) is 7.07. The van der Waals surface area contributed by atoms with Crippen molar-refractivity contribution in [2.24, 2.45) is 4.99 Å². The van der Waals surface area contributed by atoms with Crippen LogP contribution in [-0.2, 0) is 6.42 Å². The summed E-state index contributed by atoms with van der Waals surface area (Å²) in [5, 5.41) is 0.670. The van der Waals surface area contributed by atoms with E-state index in [-0.39, 0.29) is 11.6 Å². The smallest absolute Gasteiger partial charge is 0.271 e. The maximum absolute atomic E-state index is 13.9. The van der Waals surface area contributed by atoms with Gasteiger partial charge < -0.3 is 4.42 Å². The number of aryl methyl sites for hydroxylation is 1. The molecule has 3 heterocycles. The van der Waals surface area contributed by atoms with Gasteiger partial charge in [-0.25, -0.2) is 4.99 Å². The van der Waals surface area contributed by atoms with Gasteiger partial charge in [0.15, 0.2) is 4.80 Å². The van der Waals surface area contributed by atoms with Crippen LogP contribution in [0.2, 0.25) is 5.02 Å². The molecular formula is C31H20BrClN2O2S. The Morgan fingerprint density at radius 2 is 1.84 bits per heavy atom. The third-order valence-corrected chi connectivity index (χ3v) is 8.80. The van der Waals surface area contributed by atoms with E-state index in [0.717, 1.165) is 45.5 Å². The summed E-state index contributed by atoms with van der Waals surface area (Å²) in [6, 6.07) is 27.8. The fourth-order valence-electron chi connectivity index (χ4n) is 5.32. The quantitative estimate of drug-likeness (QED) is 0.224. The minimum absolute atomic E-state index is 0.0699. The number of hydrogen-bond donors (Lipinski definition) is 0. The van der Waals surface area contributed by atoms with Crippen LogP contribution >= 0.6 is 38.9 Å². The highest BCUT2D eigenvalue weighted by Crippen LogP contribution is 2.41. The highest BCUT2D eigenvalue weighted by molar-refractivity contribution is 9.10. The minimum atomic E-state index is -0.233. The molecule has 0 saturated carbocycles. The van der Waals surface area contributed by atoms with Crippen molar-refractivity contribution in [3.8, 4) is 11.3 Å². The van der Waals surface area contributed by atoms with Crippen LogP contribution in [0.4, 0.5) is 0 Å². The lowest BCUT2D eigenvalue weighted by atomic mass is 9.83. The summed E-state index contributed by atoms with van der Waals surface area (Å²) in [5.41, 5.74) is 6.51. The first-order chi connectivity index (χ1) is 18.5. The van der Waals surface area contributed by atoms with Gasteiger partial charge in [0, 0.05) is 26.7 Å². The van der Waals surface area contributed by atoms with Gasteiger partial charge >= 0.3 is 0 Å². The second-order valence-corrected chi connectivity index (χ2v) is 11.7. The minimum Gasteiger partial charge on any atom is -0.457 e. The second-order valence-electron chi connectivity index (χ2n) is 9.38. The molecule has 0 fully saturated rings. The number of allylic oxidation sites excluding steroid dienone is 1. The van der Waals surface area contributed by atoms with Gasteiger partial charge in [-0.1, -0.05) is 87.4 Å². The summed E-state index contributed by atoms with van der Waals surface area (Å²) in [6.07, 6.45) is 3.59. The summed E-state index contributed by atoms with van der Waals surface area (Å²) >= 11 is 11.1. The van der Waals surface area contributed by atoms with Crippen molar-refractivity contribution in [1.29, 1.82) is 0 Å². The molecule has 2 aromatic heterocycles. The average molecular weight is 600 g/mol. The van der Waals surface area contributed by atoms with E-state index in [9.17, 15) is 4.79 Å². The number of aromatic nitrogens is 1. The van der Waals surface area contributed by atoms with Crippen LogP contribution in [0, 0.1) is 0 Å². The first kappa shape index (κ1) is 23.7. The molecule has 186 valence electrons.